The molecule has 1 aliphatic rings. The highest BCUT2D eigenvalue weighted by Gasteiger charge is 2.26. The zero-order valence-corrected chi connectivity index (χ0v) is 9.36. The predicted molar refractivity (Wildman–Crippen MR) is 59.9 cm³/mol. The van der Waals surface area contributed by atoms with Crippen molar-refractivity contribution >= 4 is 0 Å². The normalized spacial score (nSPS) is 21.9. The fourth-order valence-corrected chi connectivity index (χ4v) is 2.19. The molecule has 1 aromatic carbocycles. The third-order valence-electron chi connectivity index (χ3n) is 2.99. The second kappa shape index (κ2) is 3.95. The maximum absolute atomic E-state index is 10.1. The van der Waals surface area contributed by atoms with Crippen molar-refractivity contribution in [1.29, 1.82) is 0 Å². The summed E-state index contributed by atoms with van der Waals surface area (Å²) in [4.78, 5) is 0. The van der Waals surface area contributed by atoms with E-state index in [1.54, 1.807) is 0 Å². The lowest BCUT2D eigenvalue weighted by molar-refractivity contribution is 0.0770. The van der Waals surface area contributed by atoms with Gasteiger partial charge in [-0.25, -0.2) is 0 Å². The third kappa shape index (κ3) is 2.21. The van der Waals surface area contributed by atoms with Gasteiger partial charge in [0.15, 0.2) is 0 Å². The summed E-state index contributed by atoms with van der Waals surface area (Å²) in [7, 11) is 0. The highest BCUT2D eigenvalue weighted by atomic mass is 16.5. The summed E-state index contributed by atoms with van der Waals surface area (Å²) in [5.74, 6) is 0.452. The zero-order chi connectivity index (χ0) is 10.9. The molecule has 1 aliphatic heterocycles. The Morgan fingerprint density at radius 3 is 2.67 bits per heavy atom. The Labute approximate surface area is 90.9 Å². The molecule has 1 heterocycles. The topological polar surface area (TPSA) is 29.5 Å². The first-order valence-electron chi connectivity index (χ1n) is 5.48. The maximum Gasteiger partial charge on any atom is 0.0843 e. The molecular weight excluding hydrogens is 188 g/mol. The minimum Gasteiger partial charge on any atom is -0.386 e. The molecule has 1 unspecified atom stereocenters. The standard InChI is InChI=1S/C13H18O2/c1-13(2,14)12-6-4-3-5-11(12)10-7-8-15-9-10/h3-6,10,14H,7-9H2,1-2H3. The zero-order valence-electron chi connectivity index (χ0n) is 9.36. The Bertz CT molecular complexity index is 333. The van der Waals surface area contributed by atoms with E-state index in [4.69, 9.17) is 4.74 Å². The van der Waals surface area contributed by atoms with Crippen molar-refractivity contribution < 1.29 is 9.84 Å². The van der Waals surface area contributed by atoms with Crippen LogP contribution in [0.3, 0.4) is 0 Å². The van der Waals surface area contributed by atoms with Gasteiger partial charge in [-0.2, -0.15) is 0 Å². The van der Waals surface area contributed by atoms with E-state index < -0.39 is 5.60 Å². The summed E-state index contributed by atoms with van der Waals surface area (Å²) in [5.41, 5.74) is 1.50. The van der Waals surface area contributed by atoms with Crippen molar-refractivity contribution in [3.8, 4) is 0 Å². The van der Waals surface area contributed by atoms with Crippen LogP contribution in [-0.2, 0) is 10.3 Å². The van der Waals surface area contributed by atoms with E-state index in [0.29, 0.717) is 5.92 Å². The van der Waals surface area contributed by atoms with Gasteiger partial charge in [0.25, 0.3) is 0 Å². The van der Waals surface area contributed by atoms with Crippen LogP contribution in [0.5, 0.6) is 0 Å². The summed E-state index contributed by atoms with van der Waals surface area (Å²) in [6.07, 6.45) is 1.06. The molecule has 1 fully saturated rings. The highest BCUT2D eigenvalue weighted by Crippen LogP contribution is 2.33. The van der Waals surface area contributed by atoms with Crippen molar-refractivity contribution in [1.82, 2.24) is 0 Å². The molecule has 0 aliphatic carbocycles. The van der Waals surface area contributed by atoms with Crippen LogP contribution in [0.4, 0.5) is 0 Å². The number of benzene rings is 1. The van der Waals surface area contributed by atoms with Crippen LogP contribution in [0.1, 0.15) is 37.3 Å². The Balaban J connectivity index is 2.37. The summed E-state index contributed by atoms with van der Waals surface area (Å²) < 4.78 is 5.40. The predicted octanol–water partition coefficient (Wildman–Crippen LogP) is 2.42. The van der Waals surface area contributed by atoms with Gasteiger partial charge in [0.1, 0.15) is 0 Å². The van der Waals surface area contributed by atoms with E-state index in [9.17, 15) is 5.11 Å². The molecule has 0 amide bonds. The van der Waals surface area contributed by atoms with Crippen molar-refractivity contribution in [3.63, 3.8) is 0 Å². The first kappa shape index (κ1) is 10.7. The summed E-state index contributed by atoms with van der Waals surface area (Å²) in [5, 5.41) is 10.1. The van der Waals surface area contributed by atoms with E-state index in [1.807, 2.05) is 32.0 Å². The third-order valence-corrected chi connectivity index (χ3v) is 2.99. The van der Waals surface area contributed by atoms with Gasteiger partial charge in [0, 0.05) is 12.5 Å². The molecule has 1 saturated heterocycles. The van der Waals surface area contributed by atoms with Crippen molar-refractivity contribution in [2.24, 2.45) is 0 Å². The average molecular weight is 206 g/mol. The molecule has 1 aromatic rings. The quantitative estimate of drug-likeness (QED) is 0.805. The highest BCUT2D eigenvalue weighted by molar-refractivity contribution is 5.34. The van der Waals surface area contributed by atoms with Gasteiger partial charge < -0.3 is 9.84 Å². The minimum atomic E-state index is -0.765. The van der Waals surface area contributed by atoms with Gasteiger partial charge in [-0.1, -0.05) is 24.3 Å². The van der Waals surface area contributed by atoms with Crippen LogP contribution in [-0.4, -0.2) is 18.3 Å². The van der Waals surface area contributed by atoms with E-state index in [2.05, 4.69) is 6.07 Å². The minimum absolute atomic E-state index is 0.452. The Morgan fingerprint density at radius 1 is 1.33 bits per heavy atom. The monoisotopic (exact) mass is 206 g/mol. The molecule has 0 spiro atoms. The molecule has 1 atom stereocenters. The first-order chi connectivity index (χ1) is 7.09. The lowest BCUT2D eigenvalue weighted by Crippen LogP contribution is -2.19. The second-order valence-corrected chi connectivity index (χ2v) is 4.71. The molecule has 2 nitrogen and oxygen atoms in total. The molecule has 0 saturated carbocycles. The van der Waals surface area contributed by atoms with Crippen molar-refractivity contribution in [2.45, 2.75) is 31.8 Å². The van der Waals surface area contributed by atoms with Crippen LogP contribution in [0.25, 0.3) is 0 Å². The molecule has 0 bridgehead atoms. The van der Waals surface area contributed by atoms with Crippen LogP contribution in [0.2, 0.25) is 0 Å². The Hall–Kier alpha value is -0.860. The van der Waals surface area contributed by atoms with Gasteiger partial charge in [-0.15, -0.1) is 0 Å². The lowest BCUT2D eigenvalue weighted by Gasteiger charge is -2.23. The lowest BCUT2D eigenvalue weighted by atomic mass is 9.86. The molecule has 0 radical (unpaired) electrons. The molecule has 15 heavy (non-hydrogen) atoms. The van der Waals surface area contributed by atoms with Gasteiger partial charge in [0.05, 0.1) is 12.2 Å². The summed E-state index contributed by atoms with van der Waals surface area (Å²) in [6.45, 7) is 5.29. The van der Waals surface area contributed by atoms with E-state index in [-0.39, 0.29) is 0 Å². The van der Waals surface area contributed by atoms with E-state index >= 15 is 0 Å². The van der Waals surface area contributed by atoms with E-state index in [0.717, 1.165) is 25.2 Å². The number of aliphatic hydroxyl groups is 1. The van der Waals surface area contributed by atoms with Gasteiger partial charge in [-0.05, 0) is 31.4 Å². The van der Waals surface area contributed by atoms with Crippen LogP contribution >= 0.6 is 0 Å². The van der Waals surface area contributed by atoms with Crippen LogP contribution < -0.4 is 0 Å². The molecular formula is C13H18O2. The van der Waals surface area contributed by atoms with E-state index in [1.165, 1.54) is 5.56 Å². The number of hydrogen-bond acceptors (Lipinski definition) is 2. The molecule has 2 rings (SSSR count). The van der Waals surface area contributed by atoms with Crippen LogP contribution in [0, 0.1) is 0 Å². The van der Waals surface area contributed by atoms with Crippen molar-refractivity contribution in [2.75, 3.05) is 13.2 Å². The largest absolute Gasteiger partial charge is 0.386 e. The van der Waals surface area contributed by atoms with Crippen molar-refractivity contribution in [3.05, 3.63) is 35.4 Å². The summed E-state index contributed by atoms with van der Waals surface area (Å²) >= 11 is 0. The van der Waals surface area contributed by atoms with Gasteiger partial charge >= 0.3 is 0 Å². The SMILES string of the molecule is CC(C)(O)c1ccccc1C1CCOC1. The molecule has 0 aromatic heterocycles. The number of rotatable bonds is 2. The molecule has 82 valence electrons. The summed E-state index contributed by atoms with van der Waals surface area (Å²) in [6, 6.07) is 8.12. The fourth-order valence-electron chi connectivity index (χ4n) is 2.19. The van der Waals surface area contributed by atoms with Gasteiger partial charge in [0.2, 0.25) is 0 Å². The number of hydrogen-bond donors (Lipinski definition) is 1. The number of ether oxygens (including phenoxy) is 1. The average Bonchev–Trinajstić information content (AvgIpc) is 2.69. The Kier molecular flexibility index (Phi) is 2.81. The first-order valence-corrected chi connectivity index (χ1v) is 5.48. The fraction of sp³-hybridized carbons (Fsp3) is 0.538. The van der Waals surface area contributed by atoms with Crippen LogP contribution in [0.15, 0.2) is 24.3 Å². The molecule has 2 heteroatoms. The maximum atomic E-state index is 10.1. The smallest absolute Gasteiger partial charge is 0.0843 e. The second-order valence-electron chi connectivity index (χ2n) is 4.71. The van der Waals surface area contributed by atoms with Gasteiger partial charge in [-0.3, -0.25) is 0 Å². The molecule has 1 N–H and O–H groups in total. The Morgan fingerprint density at radius 2 is 2.07 bits per heavy atom.